The lowest BCUT2D eigenvalue weighted by Gasteiger charge is -2.11. The molecule has 1 fully saturated rings. The number of benzene rings is 1. The molecule has 108 valence electrons. The van der Waals surface area contributed by atoms with Crippen molar-refractivity contribution < 1.29 is 14.7 Å². The van der Waals surface area contributed by atoms with E-state index >= 15 is 0 Å². The maximum atomic E-state index is 11.8. The molecule has 0 saturated heterocycles. The van der Waals surface area contributed by atoms with Crippen LogP contribution >= 0.6 is 0 Å². The summed E-state index contributed by atoms with van der Waals surface area (Å²) in [6, 6.07) is 6.38. The summed E-state index contributed by atoms with van der Waals surface area (Å²) in [5.74, 6) is -0.151. The van der Waals surface area contributed by atoms with Gasteiger partial charge in [-0.2, -0.15) is 0 Å². The molecule has 0 bridgehead atoms. The number of hydrogen-bond donors (Lipinski definition) is 3. The van der Waals surface area contributed by atoms with Gasteiger partial charge in [0.1, 0.15) is 5.75 Å². The van der Waals surface area contributed by atoms with Crippen molar-refractivity contribution in [1.82, 2.24) is 10.6 Å². The monoisotopic (exact) mass is 276 g/mol. The van der Waals surface area contributed by atoms with E-state index in [-0.39, 0.29) is 29.0 Å². The van der Waals surface area contributed by atoms with Crippen molar-refractivity contribution in [1.29, 1.82) is 0 Å². The first-order chi connectivity index (χ1) is 9.68. The van der Waals surface area contributed by atoms with Crippen molar-refractivity contribution >= 4 is 11.8 Å². The van der Waals surface area contributed by atoms with E-state index < -0.39 is 0 Å². The lowest BCUT2D eigenvalue weighted by Crippen LogP contribution is -2.37. The molecule has 0 spiro atoms. The fourth-order valence-corrected chi connectivity index (χ4v) is 2.45. The van der Waals surface area contributed by atoms with E-state index in [4.69, 9.17) is 0 Å². The average Bonchev–Trinajstić information content (AvgIpc) is 2.98. The van der Waals surface area contributed by atoms with Gasteiger partial charge in [0, 0.05) is 19.0 Å². The molecule has 5 heteroatoms. The largest absolute Gasteiger partial charge is 0.507 e. The van der Waals surface area contributed by atoms with Gasteiger partial charge in [0.2, 0.25) is 5.91 Å². The smallest absolute Gasteiger partial charge is 0.255 e. The summed E-state index contributed by atoms with van der Waals surface area (Å²) >= 11 is 0. The molecule has 1 saturated carbocycles. The number of carbonyl (C=O) groups excluding carboxylic acids is 2. The molecule has 1 aromatic carbocycles. The number of aromatic hydroxyl groups is 1. The van der Waals surface area contributed by atoms with E-state index in [2.05, 4.69) is 10.6 Å². The highest BCUT2D eigenvalue weighted by Crippen LogP contribution is 2.24. The van der Waals surface area contributed by atoms with Gasteiger partial charge in [-0.25, -0.2) is 0 Å². The van der Waals surface area contributed by atoms with Gasteiger partial charge in [-0.1, -0.05) is 25.0 Å². The lowest BCUT2D eigenvalue weighted by molar-refractivity contribution is -0.124. The first kappa shape index (κ1) is 14.4. The van der Waals surface area contributed by atoms with Crippen molar-refractivity contribution in [3.63, 3.8) is 0 Å². The lowest BCUT2D eigenvalue weighted by atomic mass is 10.1. The van der Waals surface area contributed by atoms with E-state index in [1.165, 1.54) is 6.07 Å². The number of amides is 2. The topological polar surface area (TPSA) is 78.4 Å². The summed E-state index contributed by atoms with van der Waals surface area (Å²) in [6.07, 6.45) is 4.19. The van der Waals surface area contributed by atoms with E-state index in [1.54, 1.807) is 18.2 Å². The molecule has 1 aromatic rings. The number of phenolic OH excluding ortho intramolecular Hbond substituents is 1. The van der Waals surface area contributed by atoms with Crippen molar-refractivity contribution in [3.05, 3.63) is 29.8 Å². The Labute approximate surface area is 118 Å². The maximum Gasteiger partial charge on any atom is 0.255 e. The Balaban J connectivity index is 1.69. The van der Waals surface area contributed by atoms with Gasteiger partial charge >= 0.3 is 0 Å². The molecular formula is C15H20N2O3. The summed E-state index contributed by atoms with van der Waals surface area (Å²) in [5, 5.41) is 15.0. The fourth-order valence-electron chi connectivity index (χ4n) is 2.45. The molecule has 0 unspecified atom stereocenters. The molecule has 3 N–H and O–H groups in total. The maximum absolute atomic E-state index is 11.8. The van der Waals surface area contributed by atoms with Crippen molar-refractivity contribution in [2.24, 2.45) is 5.92 Å². The van der Waals surface area contributed by atoms with Gasteiger partial charge < -0.3 is 15.7 Å². The van der Waals surface area contributed by atoms with E-state index in [0.29, 0.717) is 13.1 Å². The molecule has 20 heavy (non-hydrogen) atoms. The van der Waals surface area contributed by atoms with Crippen LogP contribution in [0.5, 0.6) is 5.75 Å². The highest BCUT2D eigenvalue weighted by atomic mass is 16.3. The minimum absolute atomic E-state index is 0.0417. The van der Waals surface area contributed by atoms with Crippen LogP contribution in [-0.4, -0.2) is 30.0 Å². The third-order valence-electron chi connectivity index (χ3n) is 3.58. The molecule has 0 aliphatic heterocycles. The second-order valence-corrected chi connectivity index (χ2v) is 5.05. The minimum atomic E-state index is -0.335. The van der Waals surface area contributed by atoms with Crippen LogP contribution in [0.2, 0.25) is 0 Å². The van der Waals surface area contributed by atoms with E-state index in [9.17, 15) is 14.7 Å². The molecule has 0 radical (unpaired) electrons. The predicted molar refractivity (Wildman–Crippen MR) is 75.4 cm³/mol. The Morgan fingerprint density at radius 2 is 1.75 bits per heavy atom. The van der Waals surface area contributed by atoms with Gasteiger partial charge in [-0.15, -0.1) is 0 Å². The quantitative estimate of drug-likeness (QED) is 0.712. The van der Waals surface area contributed by atoms with Crippen molar-refractivity contribution in [2.45, 2.75) is 25.7 Å². The zero-order chi connectivity index (χ0) is 14.4. The molecule has 1 aliphatic rings. The molecule has 2 rings (SSSR count). The molecule has 0 aromatic heterocycles. The third-order valence-corrected chi connectivity index (χ3v) is 3.58. The van der Waals surface area contributed by atoms with Crippen LogP contribution in [-0.2, 0) is 4.79 Å². The summed E-state index contributed by atoms with van der Waals surface area (Å²) < 4.78 is 0. The zero-order valence-corrected chi connectivity index (χ0v) is 11.4. The van der Waals surface area contributed by atoms with Crippen LogP contribution in [0, 0.1) is 5.92 Å². The van der Waals surface area contributed by atoms with Crippen LogP contribution in [0.1, 0.15) is 36.0 Å². The molecule has 1 aliphatic carbocycles. The van der Waals surface area contributed by atoms with Crippen molar-refractivity contribution in [2.75, 3.05) is 13.1 Å². The van der Waals surface area contributed by atoms with Gasteiger partial charge in [0.05, 0.1) is 5.56 Å². The SMILES string of the molecule is O=C(NCCNC(=O)C1CCCC1)c1ccccc1O. The molecule has 0 atom stereocenters. The molecule has 0 heterocycles. The number of rotatable bonds is 5. The number of phenols is 1. The first-order valence-corrected chi connectivity index (χ1v) is 7.02. The Morgan fingerprint density at radius 1 is 1.10 bits per heavy atom. The Hall–Kier alpha value is -2.04. The van der Waals surface area contributed by atoms with E-state index in [1.807, 2.05) is 0 Å². The first-order valence-electron chi connectivity index (χ1n) is 7.02. The standard InChI is InChI=1S/C15H20N2O3/c18-13-8-4-3-7-12(13)15(20)17-10-9-16-14(19)11-5-1-2-6-11/h3-4,7-8,11,18H,1-2,5-6,9-10H2,(H,16,19)(H,17,20). The predicted octanol–water partition coefficient (Wildman–Crippen LogP) is 1.43. The van der Waals surface area contributed by atoms with Crippen LogP contribution in [0.4, 0.5) is 0 Å². The van der Waals surface area contributed by atoms with E-state index in [0.717, 1.165) is 25.7 Å². The summed E-state index contributed by atoms with van der Waals surface area (Å²) in [7, 11) is 0. The third kappa shape index (κ3) is 3.73. The Bertz CT molecular complexity index is 482. The Morgan fingerprint density at radius 3 is 2.45 bits per heavy atom. The zero-order valence-electron chi connectivity index (χ0n) is 11.4. The second kappa shape index (κ2) is 6.93. The number of para-hydroxylation sites is 1. The Kier molecular flexibility index (Phi) is 4.98. The van der Waals surface area contributed by atoms with Gasteiger partial charge in [0.15, 0.2) is 0 Å². The molecule has 5 nitrogen and oxygen atoms in total. The van der Waals surface area contributed by atoms with Crippen LogP contribution in [0.15, 0.2) is 24.3 Å². The second-order valence-electron chi connectivity index (χ2n) is 5.05. The summed E-state index contributed by atoms with van der Waals surface area (Å²) in [4.78, 5) is 23.5. The minimum Gasteiger partial charge on any atom is -0.507 e. The van der Waals surface area contributed by atoms with Crippen LogP contribution in [0.3, 0.4) is 0 Å². The average molecular weight is 276 g/mol. The highest BCUT2D eigenvalue weighted by molar-refractivity contribution is 5.96. The number of nitrogens with one attached hydrogen (secondary N) is 2. The van der Waals surface area contributed by atoms with Gasteiger partial charge in [0.25, 0.3) is 5.91 Å². The summed E-state index contributed by atoms with van der Waals surface area (Å²) in [5.41, 5.74) is 0.245. The molecular weight excluding hydrogens is 256 g/mol. The highest BCUT2D eigenvalue weighted by Gasteiger charge is 2.21. The van der Waals surface area contributed by atoms with Crippen molar-refractivity contribution in [3.8, 4) is 5.75 Å². The number of carbonyl (C=O) groups is 2. The molecule has 2 amide bonds. The summed E-state index contributed by atoms with van der Waals surface area (Å²) in [6.45, 7) is 0.764. The van der Waals surface area contributed by atoms with Gasteiger partial charge in [-0.3, -0.25) is 9.59 Å². The fraction of sp³-hybridized carbons (Fsp3) is 0.467. The van der Waals surface area contributed by atoms with Crippen LogP contribution in [0.25, 0.3) is 0 Å². The normalized spacial score (nSPS) is 15.0. The number of hydrogen-bond acceptors (Lipinski definition) is 3. The van der Waals surface area contributed by atoms with Gasteiger partial charge in [-0.05, 0) is 25.0 Å². The van der Waals surface area contributed by atoms with Crippen LogP contribution < -0.4 is 10.6 Å².